The largest absolute Gasteiger partial charge is 0.341 e. The van der Waals surface area contributed by atoms with Crippen molar-refractivity contribution in [3.63, 3.8) is 0 Å². The predicted molar refractivity (Wildman–Crippen MR) is 83.9 cm³/mol. The maximum atomic E-state index is 12.7. The normalized spacial score (nSPS) is 20.2. The van der Waals surface area contributed by atoms with Gasteiger partial charge in [0.15, 0.2) is 0 Å². The van der Waals surface area contributed by atoms with Crippen molar-refractivity contribution in [1.82, 2.24) is 14.5 Å². The van der Waals surface area contributed by atoms with E-state index in [2.05, 4.69) is 29.7 Å². The van der Waals surface area contributed by atoms with Crippen molar-refractivity contribution in [2.24, 2.45) is 12.5 Å². The zero-order valence-corrected chi connectivity index (χ0v) is 13.7. The molecule has 0 bridgehead atoms. The smallest absolute Gasteiger partial charge is 0.229 e. The number of piperidine rings is 1. The summed E-state index contributed by atoms with van der Waals surface area (Å²) in [6.07, 6.45) is 8.07. The average molecular weight is 295 g/mol. The highest BCUT2D eigenvalue weighted by Gasteiger charge is 2.35. The fourth-order valence-electron chi connectivity index (χ4n) is 2.99. The molecule has 0 aliphatic carbocycles. The van der Waals surface area contributed by atoms with Gasteiger partial charge in [0.1, 0.15) is 5.82 Å². The summed E-state index contributed by atoms with van der Waals surface area (Å²) < 4.78 is 2.08. The van der Waals surface area contributed by atoms with Gasteiger partial charge < -0.3 is 9.47 Å². The maximum Gasteiger partial charge on any atom is 0.229 e. The molecule has 0 aromatic carbocycles. The highest BCUT2D eigenvalue weighted by atomic mass is 32.2. The summed E-state index contributed by atoms with van der Waals surface area (Å²) in [6.45, 7) is 5.80. The molecule has 112 valence electrons. The lowest BCUT2D eigenvalue weighted by molar-refractivity contribution is -0.140. The van der Waals surface area contributed by atoms with Gasteiger partial charge in [-0.2, -0.15) is 11.8 Å². The van der Waals surface area contributed by atoms with Gasteiger partial charge in [-0.1, -0.05) is 13.8 Å². The zero-order chi connectivity index (χ0) is 14.8. The molecule has 2 rings (SSSR count). The van der Waals surface area contributed by atoms with Gasteiger partial charge in [0.2, 0.25) is 5.91 Å². The number of thioether (sulfide) groups is 1. The minimum Gasteiger partial charge on any atom is -0.341 e. The number of carbonyl (C=O) groups excluding carboxylic acids is 1. The molecule has 1 aliphatic heterocycles. The molecule has 1 amide bonds. The number of likely N-dealkylation sites (tertiary alicyclic amines) is 1. The Labute approximate surface area is 125 Å². The van der Waals surface area contributed by atoms with Crippen LogP contribution in [0.15, 0.2) is 12.4 Å². The number of hydrogen-bond acceptors (Lipinski definition) is 3. The van der Waals surface area contributed by atoms with Gasteiger partial charge in [-0.15, -0.1) is 0 Å². The molecular formula is C15H25N3OS. The first-order chi connectivity index (χ1) is 9.45. The second-order valence-corrected chi connectivity index (χ2v) is 7.17. The summed E-state index contributed by atoms with van der Waals surface area (Å²) in [5.41, 5.74) is -0.275. The highest BCUT2D eigenvalue weighted by Crippen LogP contribution is 2.30. The minimum absolute atomic E-state index is 0.275. The van der Waals surface area contributed by atoms with Crippen molar-refractivity contribution in [2.45, 2.75) is 32.6 Å². The first-order valence-corrected chi connectivity index (χ1v) is 8.60. The van der Waals surface area contributed by atoms with Crippen LogP contribution in [0, 0.1) is 5.41 Å². The molecule has 1 aromatic heterocycles. The SMILES string of the molecule is CSCC(C)(C)C(=O)N1CCCC(c2nccn2C)C1. The number of imidazole rings is 1. The lowest BCUT2D eigenvalue weighted by Gasteiger charge is -2.37. The summed E-state index contributed by atoms with van der Waals surface area (Å²) in [5.74, 6) is 2.63. The van der Waals surface area contributed by atoms with Gasteiger partial charge >= 0.3 is 0 Å². The Hall–Kier alpha value is -0.970. The van der Waals surface area contributed by atoms with Gasteiger partial charge in [0.05, 0.1) is 5.41 Å². The lowest BCUT2D eigenvalue weighted by atomic mass is 9.90. The van der Waals surface area contributed by atoms with E-state index in [1.807, 2.05) is 24.3 Å². The topological polar surface area (TPSA) is 38.1 Å². The van der Waals surface area contributed by atoms with E-state index in [9.17, 15) is 4.79 Å². The van der Waals surface area contributed by atoms with Crippen LogP contribution in [0.1, 0.15) is 38.4 Å². The van der Waals surface area contributed by atoms with E-state index >= 15 is 0 Å². The Bertz CT molecular complexity index is 469. The fraction of sp³-hybridized carbons (Fsp3) is 0.733. The second-order valence-electron chi connectivity index (χ2n) is 6.30. The number of aromatic nitrogens is 2. The van der Waals surface area contributed by atoms with E-state index < -0.39 is 0 Å². The van der Waals surface area contributed by atoms with Gasteiger partial charge in [0.25, 0.3) is 0 Å². The summed E-state index contributed by atoms with van der Waals surface area (Å²) in [5, 5.41) is 0. The van der Waals surface area contributed by atoms with Crippen molar-refractivity contribution in [3.05, 3.63) is 18.2 Å². The summed E-state index contributed by atoms with van der Waals surface area (Å²) in [4.78, 5) is 19.2. The number of rotatable bonds is 4. The first kappa shape index (κ1) is 15.4. The molecular weight excluding hydrogens is 270 g/mol. The number of nitrogens with zero attached hydrogens (tertiary/aromatic N) is 3. The monoisotopic (exact) mass is 295 g/mol. The number of aryl methyl sites for hydroxylation is 1. The van der Waals surface area contributed by atoms with E-state index in [1.54, 1.807) is 11.8 Å². The third-order valence-corrected chi connectivity index (χ3v) is 5.03. The molecule has 1 fully saturated rings. The summed E-state index contributed by atoms with van der Waals surface area (Å²) in [6, 6.07) is 0. The Morgan fingerprint density at radius 1 is 1.55 bits per heavy atom. The number of hydrogen-bond donors (Lipinski definition) is 0. The van der Waals surface area contributed by atoms with Crippen LogP contribution in [0.3, 0.4) is 0 Å². The molecule has 1 aliphatic rings. The Balaban J connectivity index is 2.07. The minimum atomic E-state index is -0.275. The molecule has 2 heterocycles. The lowest BCUT2D eigenvalue weighted by Crippen LogP contribution is -2.46. The van der Waals surface area contributed by atoms with E-state index in [-0.39, 0.29) is 11.3 Å². The quantitative estimate of drug-likeness (QED) is 0.856. The van der Waals surface area contributed by atoms with Gasteiger partial charge in [0, 0.05) is 44.2 Å². The third-order valence-electron chi connectivity index (χ3n) is 4.02. The van der Waals surface area contributed by atoms with Crippen LogP contribution in [-0.2, 0) is 11.8 Å². The molecule has 20 heavy (non-hydrogen) atoms. The van der Waals surface area contributed by atoms with Crippen LogP contribution >= 0.6 is 11.8 Å². The van der Waals surface area contributed by atoms with Crippen LogP contribution in [0.4, 0.5) is 0 Å². The molecule has 0 spiro atoms. The Morgan fingerprint density at radius 2 is 2.30 bits per heavy atom. The molecule has 0 radical (unpaired) electrons. The van der Waals surface area contributed by atoms with Crippen molar-refractivity contribution in [2.75, 3.05) is 25.1 Å². The molecule has 1 saturated heterocycles. The summed E-state index contributed by atoms with van der Waals surface area (Å²) >= 11 is 1.74. The first-order valence-electron chi connectivity index (χ1n) is 7.21. The van der Waals surface area contributed by atoms with E-state index in [0.29, 0.717) is 5.92 Å². The van der Waals surface area contributed by atoms with Crippen molar-refractivity contribution in [3.8, 4) is 0 Å². The van der Waals surface area contributed by atoms with Crippen molar-refractivity contribution < 1.29 is 4.79 Å². The van der Waals surface area contributed by atoms with Gasteiger partial charge in [-0.25, -0.2) is 4.98 Å². The zero-order valence-electron chi connectivity index (χ0n) is 12.9. The van der Waals surface area contributed by atoms with Gasteiger partial charge in [-0.3, -0.25) is 4.79 Å². The molecule has 0 saturated carbocycles. The van der Waals surface area contributed by atoms with Crippen LogP contribution in [-0.4, -0.2) is 45.5 Å². The van der Waals surface area contributed by atoms with Crippen molar-refractivity contribution >= 4 is 17.7 Å². The molecule has 1 unspecified atom stereocenters. The van der Waals surface area contributed by atoms with Crippen LogP contribution in [0.5, 0.6) is 0 Å². The molecule has 5 heteroatoms. The molecule has 1 atom stereocenters. The standard InChI is InChI=1S/C15H25N3OS/c1-15(2,11-20-4)14(19)18-8-5-6-12(10-18)13-16-7-9-17(13)3/h7,9,12H,5-6,8,10-11H2,1-4H3. The number of carbonyl (C=O) groups is 1. The van der Waals surface area contributed by atoms with E-state index in [1.165, 1.54) is 0 Å². The third kappa shape index (κ3) is 3.19. The molecule has 4 nitrogen and oxygen atoms in total. The van der Waals surface area contributed by atoms with Crippen LogP contribution < -0.4 is 0 Å². The van der Waals surface area contributed by atoms with Crippen LogP contribution in [0.25, 0.3) is 0 Å². The molecule has 1 aromatic rings. The van der Waals surface area contributed by atoms with E-state index in [4.69, 9.17) is 0 Å². The maximum absolute atomic E-state index is 12.7. The Kier molecular flexibility index (Phi) is 4.78. The fourth-order valence-corrected chi connectivity index (χ4v) is 3.84. The van der Waals surface area contributed by atoms with Crippen molar-refractivity contribution in [1.29, 1.82) is 0 Å². The van der Waals surface area contributed by atoms with E-state index in [0.717, 1.165) is 37.5 Å². The highest BCUT2D eigenvalue weighted by molar-refractivity contribution is 7.98. The molecule has 0 N–H and O–H groups in total. The van der Waals surface area contributed by atoms with Crippen LogP contribution in [0.2, 0.25) is 0 Å². The predicted octanol–water partition coefficient (Wildman–Crippen LogP) is 2.52. The average Bonchev–Trinajstić information content (AvgIpc) is 2.84. The number of amides is 1. The van der Waals surface area contributed by atoms with Gasteiger partial charge in [-0.05, 0) is 19.1 Å². The Morgan fingerprint density at radius 3 is 2.90 bits per heavy atom. The summed E-state index contributed by atoms with van der Waals surface area (Å²) in [7, 11) is 2.03. The second kappa shape index (κ2) is 6.20.